The van der Waals surface area contributed by atoms with Gasteiger partial charge in [0.25, 0.3) is 0 Å². The molecule has 0 aromatic heterocycles. The lowest BCUT2D eigenvalue weighted by Crippen LogP contribution is -2.25. The molecule has 1 N–H and O–H groups in total. The molecule has 1 rings (SSSR count). The number of benzene rings is 1. The van der Waals surface area contributed by atoms with Gasteiger partial charge in [-0.05, 0) is 49.9 Å². The van der Waals surface area contributed by atoms with Crippen molar-refractivity contribution in [1.29, 1.82) is 0 Å². The highest BCUT2D eigenvalue weighted by molar-refractivity contribution is 5.30. The van der Waals surface area contributed by atoms with Gasteiger partial charge < -0.3 is 14.8 Å². The van der Waals surface area contributed by atoms with Crippen molar-refractivity contribution in [1.82, 2.24) is 5.32 Å². The maximum absolute atomic E-state index is 5.60. The van der Waals surface area contributed by atoms with Crippen LogP contribution in [0.2, 0.25) is 0 Å². The molecule has 114 valence electrons. The minimum Gasteiger partial charge on any atom is -0.494 e. The summed E-state index contributed by atoms with van der Waals surface area (Å²) in [6.07, 6.45) is 2.21. The van der Waals surface area contributed by atoms with E-state index in [2.05, 4.69) is 37.4 Å². The summed E-state index contributed by atoms with van der Waals surface area (Å²) in [6.45, 7) is 8.98. The van der Waals surface area contributed by atoms with Crippen molar-refractivity contribution in [2.45, 2.75) is 39.7 Å². The first-order chi connectivity index (χ1) is 9.71. The summed E-state index contributed by atoms with van der Waals surface area (Å²) in [7, 11) is 1.76. The molecule has 0 radical (unpaired) electrons. The Balaban J connectivity index is 2.77. The van der Waals surface area contributed by atoms with Crippen LogP contribution in [0.3, 0.4) is 0 Å². The Morgan fingerprint density at radius 3 is 2.70 bits per heavy atom. The fourth-order valence-electron chi connectivity index (χ4n) is 2.40. The van der Waals surface area contributed by atoms with Gasteiger partial charge in [0.05, 0.1) is 6.61 Å². The SMILES string of the molecule is CCCNC(CC(C)COC)c1cccc(OCC)c1. The van der Waals surface area contributed by atoms with E-state index < -0.39 is 0 Å². The molecular weight excluding hydrogens is 250 g/mol. The van der Waals surface area contributed by atoms with Crippen molar-refractivity contribution in [2.24, 2.45) is 5.92 Å². The number of hydrogen-bond donors (Lipinski definition) is 1. The highest BCUT2D eigenvalue weighted by Crippen LogP contribution is 2.25. The van der Waals surface area contributed by atoms with E-state index in [1.54, 1.807) is 7.11 Å². The number of methoxy groups -OCH3 is 1. The number of nitrogens with one attached hydrogen (secondary N) is 1. The van der Waals surface area contributed by atoms with Crippen molar-refractivity contribution in [3.63, 3.8) is 0 Å². The van der Waals surface area contributed by atoms with Gasteiger partial charge in [-0.1, -0.05) is 26.0 Å². The third-order valence-electron chi connectivity index (χ3n) is 3.30. The molecule has 0 bridgehead atoms. The second-order valence-corrected chi connectivity index (χ2v) is 5.31. The predicted molar refractivity (Wildman–Crippen MR) is 84.3 cm³/mol. The maximum Gasteiger partial charge on any atom is 0.119 e. The molecule has 2 unspecified atom stereocenters. The lowest BCUT2D eigenvalue weighted by atomic mass is 9.96. The Bertz CT molecular complexity index is 368. The van der Waals surface area contributed by atoms with E-state index in [1.165, 1.54) is 5.56 Å². The largest absolute Gasteiger partial charge is 0.494 e. The van der Waals surface area contributed by atoms with Gasteiger partial charge in [-0.25, -0.2) is 0 Å². The summed E-state index contributed by atoms with van der Waals surface area (Å²) < 4.78 is 10.9. The summed E-state index contributed by atoms with van der Waals surface area (Å²) in [4.78, 5) is 0. The molecule has 0 spiro atoms. The molecule has 0 amide bonds. The van der Waals surface area contributed by atoms with Crippen LogP contribution in [0.4, 0.5) is 0 Å². The topological polar surface area (TPSA) is 30.5 Å². The van der Waals surface area contributed by atoms with E-state index in [9.17, 15) is 0 Å². The molecule has 0 aliphatic heterocycles. The fraction of sp³-hybridized carbons (Fsp3) is 0.647. The van der Waals surface area contributed by atoms with Crippen LogP contribution < -0.4 is 10.1 Å². The highest BCUT2D eigenvalue weighted by atomic mass is 16.5. The van der Waals surface area contributed by atoms with E-state index in [0.717, 1.165) is 31.7 Å². The van der Waals surface area contributed by atoms with Crippen molar-refractivity contribution in [2.75, 3.05) is 26.9 Å². The van der Waals surface area contributed by atoms with Gasteiger partial charge in [0.15, 0.2) is 0 Å². The molecule has 0 aliphatic carbocycles. The average Bonchev–Trinajstić information content (AvgIpc) is 2.44. The summed E-state index contributed by atoms with van der Waals surface area (Å²) in [5, 5.41) is 3.63. The molecule has 0 aliphatic rings. The standard InChI is InChI=1S/C17H29NO2/c1-5-10-18-17(11-14(3)13-19-4)15-8-7-9-16(12-15)20-6-2/h7-9,12,14,17-18H,5-6,10-11,13H2,1-4H3. The molecule has 20 heavy (non-hydrogen) atoms. The minimum atomic E-state index is 0.362. The third-order valence-corrected chi connectivity index (χ3v) is 3.30. The highest BCUT2D eigenvalue weighted by Gasteiger charge is 2.15. The number of rotatable bonds is 10. The number of hydrogen-bond acceptors (Lipinski definition) is 3. The number of ether oxygens (including phenoxy) is 2. The van der Waals surface area contributed by atoms with Gasteiger partial charge in [0, 0.05) is 19.8 Å². The van der Waals surface area contributed by atoms with Crippen LogP contribution in [0.1, 0.15) is 45.2 Å². The quantitative estimate of drug-likeness (QED) is 0.706. The average molecular weight is 279 g/mol. The summed E-state index contributed by atoms with van der Waals surface area (Å²) in [5.41, 5.74) is 1.30. The van der Waals surface area contributed by atoms with E-state index in [1.807, 2.05) is 13.0 Å². The second kappa shape index (κ2) is 9.78. The maximum atomic E-state index is 5.60. The van der Waals surface area contributed by atoms with Crippen molar-refractivity contribution in [3.05, 3.63) is 29.8 Å². The summed E-state index contributed by atoms with van der Waals surface area (Å²) in [6, 6.07) is 8.77. The minimum absolute atomic E-state index is 0.362. The lowest BCUT2D eigenvalue weighted by Gasteiger charge is -2.23. The molecule has 3 nitrogen and oxygen atoms in total. The van der Waals surface area contributed by atoms with E-state index in [0.29, 0.717) is 18.6 Å². The van der Waals surface area contributed by atoms with Crippen LogP contribution in [0.15, 0.2) is 24.3 Å². The first-order valence-corrected chi connectivity index (χ1v) is 7.66. The van der Waals surface area contributed by atoms with Crippen molar-refractivity contribution in [3.8, 4) is 5.75 Å². The molecule has 0 heterocycles. The van der Waals surface area contributed by atoms with Crippen LogP contribution in [0.25, 0.3) is 0 Å². The van der Waals surface area contributed by atoms with Crippen LogP contribution in [-0.2, 0) is 4.74 Å². The molecule has 2 atom stereocenters. The monoisotopic (exact) mass is 279 g/mol. The van der Waals surface area contributed by atoms with Crippen molar-refractivity contribution < 1.29 is 9.47 Å². The van der Waals surface area contributed by atoms with Gasteiger partial charge in [0.2, 0.25) is 0 Å². The Morgan fingerprint density at radius 2 is 2.05 bits per heavy atom. The zero-order valence-corrected chi connectivity index (χ0v) is 13.3. The molecule has 3 heteroatoms. The Morgan fingerprint density at radius 1 is 1.25 bits per heavy atom. The van der Waals surface area contributed by atoms with E-state index in [-0.39, 0.29) is 0 Å². The zero-order valence-electron chi connectivity index (χ0n) is 13.3. The van der Waals surface area contributed by atoms with Gasteiger partial charge >= 0.3 is 0 Å². The predicted octanol–water partition coefficient (Wildman–Crippen LogP) is 3.80. The van der Waals surface area contributed by atoms with Crippen LogP contribution in [0, 0.1) is 5.92 Å². The molecule has 0 saturated carbocycles. The smallest absolute Gasteiger partial charge is 0.119 e. The summed E-state index contributed by atoms with van der Waals surface area (Å²) >= 11 is 0. The first-order valence-electron chi connectivity index (χ1n) is 7.66. The normalized spacial score (nSPS) is 14.0. The van der Waals surface area contributed by atoms with Gasteiger partial charge in [-0.3, -0.25) is 0 Å². The zero-order chi connectivity index (χ0) is 14.8. The lowest BCUT2D eigenvalue weighted by molar-refractivity contribution is 0.149. The Hall–Kier alpha value is -1.06. The third kappa shape index (κ3) is 5.93. The van der Waals surface area contributed by atoms with Gasteiger partial charge in [-0.2, -0.15) is 0 Å². The van der Waals surface area contributed by atoms with Crippen LogP contribution in [0.5, 0.6) is 5.75 Å². The molecule has 0 saturated heterocycles. The molecular formula is C17H29NO2. The van der Waals surface area contributed by atoms with Gasteiger partial charge in [0.1, 0.15) is 5.75 Å². The first kappa shape index (κ1) is 17.0. The molecule has 0 fully saturated rings. The molecule has 1 aromatic carbocycles. The Kier molecular flexibility index (Phi) is 8.31. The second-order valence-electron chi connectivity index (χ2n) is 5.31. The molecule has 1 aromatic rings. The van der Waals surface area contributed by atoms with Gasteiger partial charge in [-0.15, -0.1) is 0 Å². The van der Waals surface area contributed by atoms with E-state index >= 15 is 0 Å². The van der Waals surface area contributed by atoms with E-state index in [4.69, 9.17) is 9.47 Å². The van der Waals surface area contributed by atoms with Crippen molar-refractivity contribution >= 4 is 0 Å². The Labute approximate surface area is 123 Å². The van der Waals surface area contributed by atoms with Crippen LogP contribution in [-0.4, -0.2) is 26.9 Å². The fourth-order valence-corrected chi connectivity index (χ4v) is 2.40. The van der Waals surface area contributed by atoms with Crippen LogP contribution >= 0.6 is 0 Å². The summed E-state index contributed by atoms with van der Waals surface area (Å²) in [5.74, 6) is 1.48.